The van der Waals surface area contributed by atoms with E-state index in [1.807, 2.05) is 0 Å². The lowest BCUT2D eigenvalue weighted by Crippen LogP contribution is -2.13. The minimum Gasteiger partial charge on any atom is -0.324 e. The molecule has 0 spiro atoms. The summed E-state index contributed by atoms with van der Waals surface area (Å²) in [6, 6.07) is 9.06. The summed E-state index contributed by atoms with van der Waals surface area (Å²) >= 11 is 5.26. The molecule has 0 radical (unpaired) electrons. The molecule has 1 atom stereocenters. The number of benzene rings is 1. The monoisotopic (exact) mass is 321 g/mol. The molecule has 1 aromatic heterocycles. The SMILES string of the molecule is NC(Cc1cc(Br)cs1)c1ccc2c(c1)CCC2. The van der Waals surface area contributed by atoms with Crippen molar-refractivity contribution in [3.05, 3.63) is 55.7 Å². The molecule has 1 heterocycles. The second kappa shape index (κ2) is 5.16. The van der Waals surface area contributed by atoms with Crippen LogP contribution in [0.4, 0.5) is 0 Å². The first-order valence-electron chi connectivity index (χ1n) is 6.32. The lowest BCUT2D eigenvalue weighted by Gasteiger charge is -2.12. The van der Waals surface area contributed by atoms with E-state index in [0.29, 0.717) is 0 Å². The predicted molar refractivity (Wildman–Crippen MR) is 81.1 cm³/mol. The van der Waals surface area contributed by atoms with E-state index in [-0.39, 0.29) is 6.04 Å². The van der Waals surface area contributed by atoms with Crippen molar-refractivity contribution >= 4 is 27.3 Å². The Bertz CT molecular complexity index is 561. The van der Waals surface area contributed by atoms with Gasteiger partial charge in [0, 0.05) is 27.2 Å². The second-order valence-corrected chi connectivity index (χ2v) is 6.84. The molecule has 1 nitrogen and oxygen atoms in total. The Labute approximate surface area is 120 Å². The molecule has 0 fully saturated rings. The molecule has 0 saturated carbocycles. The molecule has 18 heavy (non-hydrogen) atoms. The molecule has 3 heteroatoms. The van der Waals surface area contributed by atoms with E-state index in [4.69, 9.17) is 5.73 Å². The van der Waals surface area contributed by atoms with Crippen LogP contribution in [0.15, 0.2) is 34.1 Å². The highest BCUT2D eigenvalue weighted by Gasteiger charge is 2.14. The molecular formula is C15H16BrNS. The highest BCUT2D eigenvalue weighted by atomic mass is 79.9. The average Bonchev–Trinajstić information content (AvgIpc) is 2.96. The number of halogens is 1. The molecule has 2 N–H and O–H groups in total. The number of hydrogen-bond acceptors (Lipinski definition) is 2. The number of rotatable bonds is 3. The smallest absolute Gasteiger partial charge is 0.0343 e. The van der Waals surface area contributed by atoms with E-state index in [1.165, 1.54) is 40.8 Å². The maximum absolute atomic E-state index is 6.32. The van der Waals surface area contributed by atoms with Gasteiger partial charge in [-0.1, -0.05) is 18.2 Å². The topological polar surface area (TPSA) is 26.0 Å². The first-order valence-corrected chi connectivity index (χ1v) is 8.00. The second-order valence-electron chi connectivity index (χ2n) is 4.92. The Morgan fingerprint density at radius 1 is 1.22 bits per heavy atom. The van der Waals surface area contributed by atoms with Crippen molar-refractivity contribution in [2.75, 3.05) is 0 Å². The Hall–Kier alpha value is -0.640. The van der Waals surface area contributed by atoms with Crippen LogP contribution >= 0.6 is 27.3 Å². The molecule has 0 saturated heterocycles. The van der Waals surface area contributed by atoms with Crippen LogP contribution in [-0.4, -0.2) is 0 Å². The first-order chi connectivity index (χ1) is 8.72. The molecule has 0 aliphatic heterocycles. The maximum atomic E-state index is 6.32. The number of fused-ring (bicyclic) bond motifs is 1. The molecule has 1 aliphatic carbocycles. The van der Waals surface area contributed by atoms with Gasteiger partial charge in [-0.05, 0) is 57.9 Å². The predicted octanol–water partition coefficient (Wildman–Crippen LogP) is 4.24. The van der Waals surface area contributed by atoms with Crippen LogP contribution in [-0.2, 0) is 19.3 Å². The van der Waals surface area contributed by atoms with Gasteiger partial charge >= 0.3 is 0 Å². The molecule has 1 aliphatic rings. The molecule has 1 aromatic carbocycles. The summed E-state index contributed by atoms with van der Waals surface area (Å²) in [5, 5.41) is 2.12. The van der Waals surface area contributed by atoms with Crippen molar-refractivity contribution in [3.8, 4) is 0 Å². The van der Waals surface area contributed by atoms with Crippen molar-refractivity contribution in [1.29, 1.82) is 0 Å². The van der Waals surface area contributed by atoms with Crippen LogP contribution in [0.25, 0.3) is 0 Å². The van der Waals surface area contributed by atoms with Gasteiger partial charge in [0.25, 0.3) is 0 Å². The molecule has 2 aromatic rings. The third-order valence-electron chi connectivity index (χ3n) is 3.59. The van der Waals surface area contributed by atoms with E-state index >= 15 is 0 Å². The molecule has 3 rings (SSSR count). The third-order valence-corrected chi connectivity index (χ3v) is 5.31. The Morgan fingerprint density at radius 3 is 2.83 bits per heavy atom. The van der Waals surface area contributed by atoms with Crippen LogP contribution in [0.3, 0.4) is 0 Å². The zero-order valence-electron chi connectivity index (χ0n) is 10.2. The van der Waals surface area contributed by atoms with Gasteiger partial charge in [-0.25, -0.2) is 0 Å². The minimum atomic E-state index is 0.112. The fourth-order valence-corrected chi connectivity index (χ4v) is 4.13. The van der Waals surface area contributed by atoms with Gasteiger partial charge in [-0.2, -0.15) is 0 Å². The van der Waals surface area contributed by atoms with Crippen molar-refractivity contribution < 1.29 is 0 Å². The average molecular weight is 322 g/mol. The molecule has 0 bridgehead atoms. The summed E-state index contributed by atoms with van der Waals surface area (Å²) in [6.45, 7) is 0. The molecule has 1 unspecified atom stereocenters. The highest BCUT2D eigenvalue weighted by Crippen LogP contribution is 2.28. The fraction of sp³-hybridized carbons (Fsp3) is 0.333. The summed E-state index contributed by atoms with van der Waals surface area (Å²) in [5.41, 5.74) is 10.6. The van der Waals surface area contributed by atoms with Gasteiger partial charge in [0.1, 0.15) is 0 Å². The normalized spacial score (nSPS) is 15.7. The number of nitrogens with two attached hydrogens (primary N) is 1. The van der Waals surface area contributed by atoms with Crippen LogP contribution in [0.2, 0.25) is 0 Å². The van der Waals surface area contributed by atoms with E-state index in [0.717, 1.165) is 10.9 Å². The van der Waals surface area contributed by atoms with E-state index in [1.54, 1.807) is 11.3 Å². The van der Waals surface area contributed by atoms with E-state index < -0.39 is 0 Å². The van der Waals surface area contributed by atoms with Gasteiger partial charge in [-0.15, -0.1) is 11.3 Å². The zero-order chi connectivity index (χ0) is 12.5. The van der Waals surface area contributed by atoms with Crippen molar-refractivity contribution in [2.45, 2.75) is 31.7 Å². The van der Waals surface area contributed by atoms with Crippen molar-refractivity contribution in [3.63, 3.8) is 0 Å². The van der Waals surface area contributed by atoms with E-state index in [2.05, 4.69) is 45.6 Å². The zero-order valence-corrected chi connectivity index (χ0v) is 12.6. The number of aryl methyl sites for hydroxylation is 2. The fourth-order valence-electron chi connectivity index (χ4n) is 2.62. The summed E-state index contributed by atoms with van der Waals surface area (Å²) in [5.74, 6) is 0. The Balaban J connectivity index is 1.78. The van der Waals surface area contributed by atoms with Gasteiger partial charge < -0.3 is 5.73 Å². The standard InChI is InChI=1S/C15H16BrNS/c16-13-7-14(18-9-13)8-15(17)12-5-4-10-2-1-3-11(10)6-12/h4-7,9,15H,1-3,8,17H2. The number of thiophene rings is 1. The largest absolute Gasteiger partial charge is 0.324 e. The summed E-state index contributed by atoms with van der Waals surface area (Å²) in [7, 11) is 0. The summed E-state index contributed by atoms with van der Waals surface area (Å²) in [4.78, 5) is 1.34. The van der Waals surface area contributed by atoms with Gasteiger partial charge in [0.2, 0.25) is 0 Å². The van der Waals surface area contributed by atoms with Crippen molar-refractivity contribution in [2.24, 2.45) is 5.73 Å². The van der Waals surface area contributed by atoms with Gasteiger partial charge in [0.05, 0.1) is 0 Å². The molecular weight excluding hydrogens is 306 g/mol. The van der Waals surface area contributed by atoms with Crippen molar-refractivity contribution in [1.82, 2.24) is 0 Å². The Kier molecular flexibility index (Phi) is 3.55. The lowest BCUT2D eigenvalue weighted by molar-refractivity contribution is 0.728. The maximum Gasteiger partial charge on any atom is 0.0343 e. The number of hydrogen-bond donors (Lipinski definition) is 1. The minimum absolute atomic E-state index is 0.112. The first kappa shape index (κ1) is 12.4. The third kappa shape index (κ3) is 2.53. The van der Waals surface area contributed by atoms with Crippen LogP contribution in [0, 0.1) is 0 Å². The quantitative estimate of drug-likeness (QED) is 0.898. The van der Waals surface area contributed by atoms with Crippen LogP contribution in [0.1, 0.15) is 34.0 Å². The lowest BCUT2D eigenvalue weighted by atomic mass is 9.99. The van der Waals surface area contributed by atoms with Crippen LogP contribution < -0.4 is 5.73 Å². The molecule has 0 amide bonds. The van der Waals surface area contributed by atoms with Crippen LogP contribution in [0.5, 0.6) is 0 Å². The molecule has 94 valence electrons. The summed E-state index contributed by atoms with van der Waals surface area (Å²) in [6.07, 6.45) is 4.68. The Morgan fingerprint density at radius 2 is 2.06 bits per heavy atom. The van der Waals surface area contributed by atoms with E-state index in [9.17, 15) is 0 Å². The summed E-state index contributed by atoms with van der Waals surface area (Å²) < 4.78 is 1.16. The van der Waals surface area contributed by atoms with Gasteiger partial charge in [-0.3, -0.25) is 0 Å². The highest BCUT2D eigenvalue weighted by molar-refractivity contribution is 9.10. The van der Waals surface area contributed by atoms with Gasteiger partial charge in [0.15, 0.2) is 0 Å².